The summed E-state index contributed by atoms with van der Waals surface area (Å²) >= 11 is 1.36. The lowest BCUT2D eigenvalue weighted by molar-refractivity contribution is -0.137. The average Bonchev–Trinajstić information content (AvgIpc) is 3.21. The molecule has 10 heteroatoms. The molecule has 0 fully saturated rings. The van der Waals surface area contributed by atoms with Crippen LogP contribution >= 0.6 is 11.3 Å². The number of nitrogens with one attached hydrogen (secondary N) is 1. The van der Waals surface area contributed by atoms with Gasteiger partial charge in [-0.2, -0.15) is 13.2 Å². The molecule has 6 nitrogen and oxygen atoms in total. The van der Waals surface area contributed by atoms with E-state index in [1.54, 1.807) is 6.20 Å². The van der Waals surface area contributed by atoms with E-state index < -0.39 is 11.7 Å². The van der Waals surface area contributed by atoms with Crippen molar-refractivity contribution in [1.29, 1.82) is 0 Å². The number of nitrogens with zero attached hydrogens (tertiary/aromatic N) is 3. The number of carbonyl (C=O) groups is 1. The molecular weight excluding hydrogens is 369 g/mol. The number of aryl methyl sites for hydroxylation is 2. The molecule has 2 heterocycles. The fourth-order valence-corrected chi connectivity index (χ4v) is 2.80. The summed E-state index contributed by atoms with van der Waals surface area (Å²) in [6, 6.07) is 4.62. The Morgan fingerprint density at radius 2 is 2.12 bits per heavy atom. The molecule has 0 aliphatic heterocycles. The molecule has 0 bridgehead atoms. The molecular formula is C16H13F3N4O2S. The van der Waals surface area contributed by atoms with Crippen molar-refractivity contribution in [2.45, 2.75) is 25.9 Å². The van der Waals surface area contributed by atoms with Gasteiger partial charge in [0.15, 0.2) is 5.13 Å². The molecule has 3 rings (SSSR count). The zero-order chi connectivity index (χ0) is 18.7. The van der Waals surface area contributed by atoms with Gasteiger partial charge in [-0.1, -0.05) is 6.07 Å². The van der Waals surface area contributed by atoms with Crippen molar-refractivity contribution in [2.75, 3.05) is 5.32 Å². The number of hydrogen-bond donors (Lipinski definition) is 1. The molecule has 0 spiro atoms. The number of carbonyl (C=O) groups excluding carboxylic acids is 1. The molecule has 0 radical (unpaired) electrons. The summed E-state index contributed by atoms with van der Waals surface area (Å²) in [5, 5.41) is 10.7. The van der Waals surface area contributed by atoms with Crippen LogP contribution < -0.4 is 5.32 Å². The van der Waals surface area contributed by atoms with Crippen molar-refractivity contribution in [2.24, 2.45) is 0 Å². The van der Waals surface area contributed by atoms with E-state index in [1.165, 1.54) is 23.5 Å². The van der Waals surface area contributed by atoms with Crippen molar-refractivity contribution in [1.82, 2.24) is 15.2 Å². The summed E-state index contributed by atoms with van der Waals surface area (Å²) in [5.41, 5.74) is -0.630. The molecule has 1 amide bonds. The SMILES string of the molecule is Cc1cnc(NC(=O)CCc2nnc(-c3cccc(C(F)(F)F)c3)o2)s1. The molecule has 0 saturated carbocycles. The minimum Gasteiger partial charge on any atom is -0.421 e. The van der Waals surface area contributed by atoms with Crippen LogP contribution in [0, 0.1) is 6.92 Å². The zero-order valence-electron chi connectivity index (χ0n) is 13.5. The maximum absolute atomic E-state index is 12.8. The van der Waals surface area contributed by atoms with Crippen LogP contribution in [-0.2, 0) is 17.4 Å². The van der Waals surface area contributed by atoms with Crippen molar-refractivity contribution in [3.63, 3.8) is 0 Å². The van der Waals surface area contributed by atoms with Gasteiger partial charge in [-0.15, -0.1) is 21.5 Å². The first-order chi connectivity index (χ1) is 12.3. The van der Waals surface area contributed by atoms with Gasteiger partial charge in [0, 0.05) is 29.5 Å². The van der Waals surface area contributed by atoms with E-state index in [4.69, 9.17) is 4.42 Å². The first-order valence-electron chi connectivity index (χ1n) is 7.53. The van der Waals surface area contributed by atoms with E-state index in [9.17, 15) is 18.0 Å². The number of anilines is 1. The van der Waals surface area contributed by atoms with E-state index in [2.05, 4.69) is 20.5 Å². The van der Waals surface area contributed by atoms with E-state index >= 15 is 0 Å². The molecule has 0 aliphatic rings. The van der Waals surface area contributed by atoms with Crippen LogP contribution in [0.4, 0.5) is 18.3 Å². The summed E-state index contributed by atoms with van der Waals surface area (Å²) in [7, 11) is 0. The Morgan fingerprint density at radius 3 is 2.81 bits per heavy atom. The number of alkyl halides is 3. The number of benzene rings is 1. The summed E-state index contributed by atoms with van der Waals surface area (Å²) in [5.74, 6) is -0.122. The predicted octanol–water partition coefficient (Wildman–Crippen LogP) is 4.09. The lowest BCUT2D eigenvalue weighted by Crippen LogP contribution is -2.12. The summed E-state index contributed by atoms with van der Waals surface area (Å²) in [4.78, 5) is 16.9. The van der Waals surface area contributed by atoms with Gasteiger partial charge >= 0.3 is 6.18 Å². The predicted molar refractivity (Wildman–Crippen MR) is 88.5 cm³/mol. The van der Waals surface area contributed by atoms with Crippen LogP contribution in [0.25, 0.3) is 11.5 Å². The second-order valence-corrected chi connectivity index (χ2v) is 6.64. The molecule has 0 atom stereocenters. The van der Waals surface area contributed by atoms with Gasteiger partial charge < -0.3 is 9.73 Å². The standard InChI is InChI=1S/C16H13F3N4O2S/c1-9-8-20-15(26-9)21-12(24)5-6-13-22-23-14(25-13)10-3-2-4-11(7-10)16(17,18)19/h2-4,7-8H,5-6H2,1H3,(H,20,21,24). The highest BCUT2D eigenvalue weighted by Gasteiger charge is 2.30. The third-order valence-electron chi connectivity index (χ3n) is 3.34. The molecule has 1 aromatic carbocycles. The van der Waals surface area contributed by atoms with Crippen LogP contribution in [0.5, 0.6) is 0 Å². The van der Waals surface area contributed by atoms with Gasteiger partial charge in [-0.05, 0) is 25.1 Å². The monoisotopic (exact) mass is 382 g/mol. The quantitative estimate of drug-likeness (QED) is 0.719. The number of amides is 1. The molecule has 2 aromatic heterocycles. The summed E-state index contributed by atoms with van der Waals surface area (Å²) in [6.07, 6.45) is -2.55. The highest BCUT2D eigenvalue weighted by molar-refractivity contribution is 7.15. The normalized spacial score (nSPS) is 11.5. The second-order valence-electron chi connectivity index (χ2n) is 5.40. The minimum atomic E-state index is -4.45. The molecule has 136 valence electrons. The average molecular weight is 382 g/mol. The highest BCUT2D eigenvalue weighted by atomic mass is 32.1. The van der Waals surface area contributed by atoms with Crippen molar-refractivity contribution in [3.8, 4) is 11.5 Å². The van der Waals surface area contributed by atoms with Crippen LogP contribution in [0.2, 0.25) is 0 Å². The van der Waals surface area contributed by atoms with Crippen LogP contribution in [0.15, 0.2) is 34.9 Å². The van der Waals surface area contributed by atoms with Crippen molar-refractivity contribution < 1.29 is 22.4 Å². The number of aromatic nitrogens is 3. The Labute approximate surface area is 150 Å². The maximum Gasteiger partial charge on any atom is 0.416 e. The van der Waals surface area contributed by atoms with Gasteiger partial charge in [-0.25, -0.2) is 4.98 Å². The smallest absolute Gasteiger partial charge is 0.416 e. The number of halogens is 3. The Kier molecular flexibility index (Phi) is 5.03. The van der Waals surface area contributed by atoms with Crippen LogP contribution in [-0.4, -0.2) is 21.1 Å². The van der Waals surface area contributed by atoms with E-state index in [0.29, 0.717) is 5.13 Å². The Bertz CT molecular complexity index is 920. The van der Waals surface area contributed by atoms with E-state index in [-0.39, 0.29) is 36.1 Å². The lowest BCUT2D eigenvalue weighted by Gasteiger charge is -2.06. The zero-order valence-corrected chi connectivity index (χ0v) is 14.3. The third-order valence-corrected chi connectivity index (χ3v) is 4.17. The molecule has 0 saturated heterocycles. The van der Waals surface area contributed by atoms with E-state index in [0.717, 1.165) is 17.0 Å². The van der Waals surface area contributed by atoms with Gasteiger partial charge in [0.1, 0.15) is 0 Å². The van der Waals surface area contributed by atoms with Gasteiger partial charge in [0.05, 0.1) is 5.56 Å². The summed E-state index contributed by atoms with van der Waals surface area (Å²) in [6.45, 7) is 1.88. The van der Waals surface area contributed by atoms with Gasteiger partial charge in [-0.3, -0.25) is 4.79 Å². The van der Waals surface area contributed by atoms with Gasteiger partial charge in [0.25, 0.3) is 0 Å². The van der Waals surface area contributed by atoms with Crippen molar-refractivity contribution >= 4 is 22.4 Å². The lowest BCUT2D eigenvalue weighted by atomic mass is 10.1. The number of thiazole rings is 1. The highest BCUT2D eigenvalue weighted by Crippen LogP contribution is 2.31. The fourth-order valence-electron chi connectivity index (χ4n) is 2.11. The third kappa shape index (κ3) is 4.45. The van der Waals surface area contributed by atoms with Crippen LogP contribution in [0.1, 0.15) is 22.8 Å². The molecule has 26 heavy (non-hydrogen) atoms. The largest absolute Gasteiger partial charge is 0.421 e. The number of rotatable bonds is 5. The van der Waals surface area contributed by atoms with E-state index in [1.807, 2.05) is 6.92 Å². The number of hydrogen-bond acceptors (Lipinski definition) is 6. The maximum atomic E-state index is 12.8. The molecule has 1 N–H and O–H groups in total. The Morgan fingerprint density at radius 1 is 1.31 bits per heavy atom. The summed E-state index contributed by atoms with van der Waals surface area (Å²) < 4.78 is 43.7. The molecule has 3 aromatic rings. The second kappa shape index (κ2) is 7.24. The fraction of sp³-hybridized carbons (Fsp3) is 0.250. The minimum absolute atomic E-state index is 0.0259. The van der Waals surface area contributed by atoms with Gasteiger partial charge in [0.2, 0.25) is 17.7 Å². The Balaban J connectivity index is 1.62. The molecule has 0 unspecified atom stereocenters. The van der Waals surface area contributed by atoms with Crippen molar-refractivity contribution in [3.05, 3.63) is 46.8 Å². The van der Waals surface area contributed by atoms with Crippen LogP contribution in [0.3, 0.4) is 0 Å². The first kappa shape index (κ1) is 18.1. The molecule has 0 aliphatic carbocycles. The Hall–Kier alpha value is -2.75. The topological polar surface area (TPSA) is 80.9 Å². The first-order valence-corrected chi connectivity index (χ1v) is 8.35.